The third-order valence-electron chi connectivity index (χ3n) is 3.28. The first-order chi connectivity index (χ1) is 12.7. The molecule has 154 valence electrons. The second kappa shape index (κ2) is 20.9. The Labute approximate surface area is 167 Å². The van der Waals surface area contributed by atoms with E-state index in [4.69, 9.17) is 9.47 Å². The summed E-state index contributed by atoms with van der Waals surface area (Å²) in [6, 6.07) is 0. The van der Waals surface area contributed by atoms with Crippen LogP contribution in [0, 0.1) is 0 Å². The van der Waals surface area contributed by atoms with Crippen molar-refractivity contribution in [3.8, 4) is 0 Å². The van der Waals surface area contributed by atoms with Crippen molar-refractivity contribution < 1.29 is 19.1 Å². The lowest BCUT2D eigenvalue weighted by atomic mass is 10.4. The van der Waals surface area contributed by atoms with Crippen molar-refractivity contribution in [3.63, 3.8) is 0 Å². The summed E-state index contributed by atoms with van der Waals surface area (Å²) < 4.78 is 10.5. The zero-order valence-corrected chi connectivity index (χ0v) is 18.0. The van der Waals surface area contributed by atoms with Gasteiger partial charge in [0.15, 0.2) is 0 Å². The Bertz CT molecular complexity index is 315. The molecule has 0 unspecified atom stereocenters. The third-order valence-corrected chi connectivity index (χ3v) is 5.42. The van der Waals surface area contributed by atoms with Crippen LogP contribution < -0.4 is 10.6 Å². The molecule has 0 aromatic heterocycles. The molecular formula is C18H36N2O4S2. The Balaban J connectivity index is 3.31. The van der Waals surface area contributed by atoms with E-state index >= 15 is 0 Å². The summed E-state index contributed by atoms with van der Waals surface area (Å²) >= 11 is 3.55. The molecule has 0 aliphatic carbocycles. The number of ether oxygens (including phenoxy) is 2. The summed E-state index contributed by atoms with van der Waals surface area (Å²) in [5.41, 5.74) is 0. The Morgan fingerprint density at radius 2 is 1.15 bits per heavy atom. The molecule has 0 bridgehead atoms. The Hall–Kier alpha value is -0.440. The Morgan fingerprint density at radius 3 is 1.54 bits per heavy atom. The number of carbonyl (C=O) groups excluding carboxylic acids is 2. The topological polar surface area (TPSA) is 76.7 Å². The zero-order valence-electron chi connectivity index (χ0n) is 16.3. The maximum atomic E-state index is 11.7. The van der Waals surface area contributed by atoms with Gasteiger partial charge in [0.05, 0.1) is 0 Å². The normalized spacial score (nSPS) is 10.7. The third kappa shape index (κ3) is 19.9. The van der Waals surface area contributed by atoms with Crippen molar-refractivity contribution in [2.45, 2.75) is 39.5 Å². The van der Waals surface area contributed by atoms with Gasteiger partial charge in [-0.05, 0) is 38.2 Å². The largest absolute Gasteiger partial charge is 0.382 e. The summed E-state index contributed by atoms with van der Waals surface area (Å²) in [4.78, 5) is 23.3. The molecular weight excluding hydrogens is 372 g/mol. The van der Waals surface area contributed by atoms with E-state index in [0.29, 0.717) is 25.9 Å². The molecule has 0 rings (SSSR count). The quantitative estimate of drug-likeness (QED) is 0.320. The first-order valence-corrected chi connectivity index (χ1v) is 11.9. The molecule has 0 fully saturated rings. The fourth-order valence-electron chi connectivity index (χ4n) is 1.93. The monoisotopic (exact) mass is 408 g/mol. The van der Waals surface area contributed by atoms with E-state index in [1.807, 2.05) is 13.8 Å². The minimum atomic E-state index is 0.0430. The van der Waals surface area contributed by atoms with E-state index in [9.17, 15) is 9.59 Å². The highest BCUT2D eigenvalue weighted by Crippen LogP contribution is 2.05. The highest BCUT2D eigenvalue weighted by atomic mass is 32.2. The van der Waals surface area contributed by atoms with Crippen LogP contribution in [0.1, 0.15) is 39.5 Å². The smallest absolute Gasteiger partial charge is 0.220 e. The molecule has 0 aromatic carbocycles. The van der Waals surface area contributed by atoms with Crippen LogP contribution in [0.2, 0.25) is 0 Å². The number of amides is 2. The summed E-state index contributed by atoms with van der Waals surface area (Å²) in [5, 5.41) is 5.67. The Kier molecular flexibility index (Phi) is 20.5. The second-order valence-electron chi connectivity index (χ2n) is 5.53. The molecule has 2 amide bonds. The van der Waals surface area contributed by atoms with Gasteiger partial charge in [0.25, 0.3) is 0 Å². The molecule has 0 aromatic rings. The van der Waals surface area contributed by atoms with Crippen molar-refractivity contribution in [3.05, 3.63) is 0 Å². The van der Waals surface area contributed by atoms with Gasteiger partial charge in [0, 0.05) is 63.9 Å². The van der Waals surface area contributed by atoms with Crippen LogP contribution >= 0.6 is 23.5 Å². The summed E-state index contributed by atoms with van der Waals surface area (Å²) in [6.07, 6.45) is 3.09. The molecule has 0 spiro atoms. The van der Waals surface area contributed by atoms with Gasteiger partial charge >= 0.3 is 0 Å². The lowest BCUT2D eigenvalue weighted by Gasteiger charge is -2.07. The molecule has 0 aliphatic rings. The number of rotatable bonds is 19. The summed E-state index contributed by atoms with van der Waals surface area (Å²) in [7, 11) is 0. The van der Waals surface area contributed by atoms with E-state index in [1.54, 1.807) is 23.5 Å². The number of carbonyl (C=O) groups is 2. The second-order valence-corrected chi connectivity index (χ2v) is 7.98. The van der Waals surface area contributed by atoms with E-state index in [1.165, 1.54) is 0 Å². The fourth-order valence-corrected chi connectivity index (χ4v) is 3.64. The zero-order chi connectivity index (χ0) is 19.3. The first-order valence-electron chi connectivity index (χ1n) is 9.55. The van der Waals surface area contributed by atoms with Crippen LogP contribution in [0.3, 0.4) is 0 Å². The number of thioether (sulfide) groups is 2. The molecule has 0 saturated carbocycles. The summed E-state index contributed by atoms with van der Waals surface area (Å²) in [6.45, 7) is 8.06. The molecule has 0 radical (unpaired) electrons. The molecule has 0 heterocycles. The molecule has 0 saturated heterocycles. The van der Waals surface area contributed by atoms with E-state index in [0.717, 1.165) is 62.3 Å². The van der Waals surface area contributed by atoms with Gasteiger partial charge in [-0.25, -0.2) is 0 Å². The van der Waals surface area contributed by atoms with Gasteiger partial charge in [-0.2, -0.15) is 23.5 Å². The van der Waals surface area contributed by atoms with E-state index < -0.39 is 0 Å². The maximum Gasteiger partial charge on any atom is 0.220 e. The first kappa shape index (κ1) is 25.6. The number of hydrogen-bond acceptors (Lipinski definition) is 6. The van der Waals surface area contributed by atoms with Gasteiger partial charge in [-0.1, -0.05) is 0 Å². The van der Waals surface area contributed by atoms with E-state index in [-0.39, 0.29) is 11.8 Å². The van der Waals surface area contributed by atoms with Gasteiger partial charge in [-0.15, -0.1) is 0 Å². The van der Waals surface area contributed by atoms with Crippen LogP contribution in [0.15, 0.2) is 0 Å². The van der Waals surface area contributed by atoms with Crippen LogP contribution in [0.5, 0.6) is 0 Å². The summed E-state index contributed by atoms with van der Waals surface area (Å²) in [5.74, 6) is 3.78. The van der Waals surface area contributed by atoms with Crippen LogP contribution in [0.4, 0.5) is 0 Å². The van der Waals surface area contributed by atoms with Crippen molar-refractivity contribution in [1.29, 1.82) is 0 Å². The number of nitrogens with one attached hydrogen (secondary N) is 2. The standard InChI is InChI=1S/C18H36N2O4S2/c1-3-23-11-5-13-25-15-7-17(21)19-9-10-20-18(22)8-16-26-14-6-12-24-4-2/h3-16H2,1-2H3,(H,19,21)(H,20,22). The molecule has 8 heteroatoms. The predicted octanol–water partition coefficient (Wildman–Crippen LogP) is 2.32. The van der Waals surface area contributed by atoms with Crippen molar-refractivity contribution in [2.75, 3.05) is 62.5 Å². The van der Waals surface area contributed by atoms with Crippen molar-refractivity contribution in [1.82, 2.24) is 10.6 Å². The molecule has 2 N–H and O–H groups in total. The van der Waals surface area contributed by atoms with Crippen LogP contribution in [-0.2, 0) is 19.1 Å². The minimum Gasteiger partial charge on any atom is -0.382 e. The molecule has 6 nitrogen and oxygen atoms in total. The Morgan fingerprint density at radius 1 is 0.731 bits per heavy atom. The van der Waals surface area contributed by atoms with Gasteiger partial charge in [-0.3, -0.25) is 9.59 Å². The highest BCUT2D eigenvalue weighted by molar-refractivity contribution is 7.99. The van der Waals surface area contributed by atoms with Gasteiger partial charge in [0.1, 0.15) is 0 Å². The van der Waals surface area contributed by atoms with E-state index in [2.05, 4.69) is 10.6 Å². The fraction of sp³-hybridized carbons (Fsp3) is 0.889. The lowest BCUT2D eigenvalue weighted by Crippen LogP contribution is -2.34. The SMILES string of the molecule is CCOCCCSCCC(=O)NCCNC(=O)CCSCCCOCC. The van der Waals surface area contributed by atoms with Gasteiger partial charge < -0.3 is 20.1 Å². The average molecular weight is 409 g/mol. The predicted molar refractivity (Wildman–Crippen MR) is 112 cm³/mol. The average Bonchev–Trinajstić information content (AvgIpc) is 2.64. The van der Waals surface area contributed by atoms with Crippen molar-refractivity contribution >= 4 is 35.3 Å². The molecule has 0 aliphatic heterocycles. The highest BCUT2D eigenvalue weighted by Gasteiger charge is 2.03. The van der Waals surface area contributed by atoms with Crippen molar-refractivity contribution in [2.24, 2.45) is 0 Å². The lowest BCUT2D eigenvalue weighted by molar-refractivity contribution is -0.122. The van der Waals surface area contributed by atoms with Crippen LogP contribution in [-0.4, -0.2) is 74.3 Å². The van der Waals surface area contributed by atoms with Gasteiger partial charge in [0.2, 0.25) is 11.8 Å². The minimum absolute atomic E-state index is 0.0430. The van der Waals surface area contributed by atoms with Crippen LogP contribution in [0.25, 0.3) is 0 Å². The molecule has 26 heavy (non-hydrogen) atoms. The maximum absolute atomic E-state index is 11.7. The number of hydrogen-bond donors (Lipinski definition) is 2. The molecule has 0 atom stereocenters.